The average Bonchev–Trinajstić information content (AvgIpc) is 2.13. The zero-order valence-corrected chi connectivity index (χ0v) is 10.8. The van der Waals surface area contributed by atoms with E-state index in [4.69, 9.17) is 14.2 Å². The molecular formula is C12H26O3. The van der Waals surface area contributed by atoms with Crippen molar-refractivity contribution in [3.63, 3.8) is 0 Å². The van der Waals surface area contributed by atoms with Crippen LogP contribution in [0.5, 0.6) is 0 Å². The van der Waals surface area contributed by atoms with Crippen LogP contribution in [0.25, 0.3) is 0 Å². The van der Waals surface area contributed by atoms with Crippen LogP contribution in [-0.2, 0) is 14.2 Å². The molecule has 92 valence electrons. The Balaban J connectivity index is 3.30. The molecule has 0 saturated heterocycles. The van der Waals surface area contributed by atoms with E-state index in [-0.39, 0.29) is 11.7 Å². The van der Waals surface area contributed by atoms with Crippen LogP contribution in [0.3, 0.4) is 0 Å². The van der Waals surface area contributed by atoms with Crippen molar-refractivity contribution in [1.82, 2.24) is 0 Å². The third-order valence-corrected chi connectivity index (χ3v) is 1.79. The van der Waals surface area contributed by atoms with Crippen molar-refractivity contribution in [1.29, 1.82) is 0 Å². The summed E-state index contributed by atoms with van der Waals surface area (Å²) < 4.78 is 16.4. The maximum Gasteiger partial charge on any atom is 0.0780 e. The normalized spacial score (nSPS) is 14.2. The van der Waals surface area contributed by atoms with Gasteiger partial charge >= 0.3 is 0 Å². The second-order valence-corrected chi connectivity index (χ2v) is 4.66. The van der Waals surface area contributed by atoms with Crippen molar-refractivity contribution in [2.45, 2.75) is 52.7 Å². The van der Waals surface area contributed by atoms with Gasteiger partial charge in [-0.3, -0.25) is 0 Å². The quantitative estimate of drug-likeness (QED) is 0.586. The van der Waals surface area contributed by atoms with Crippen LogP contribution in [0.15, 0.2) is 0 Å². The monoisotopic (exact) mass is 218 g/mol. The summed E-state index contributed by atoms with van der Waals surface area (Å²) >= 11 is 0. The lowest BCUT2D eigenvalue weighted by Crippen LogP contribution is -2.26. The van der Waals surface area contributed by atoms with Crippen molar-refractivity contribution in [2.24, 2.45) is 0 Å². The first-order valence-corrected chi connectivity index (χ1v) is 5.79. The van der Waals surface area contributed by atoms with Gasteiger partial charge in [0.25, 0.3) is 0 Å². The van der Waals surface area contributed by atoms with E-state index in [1.54, 1.807) is 0 Å². The highest BCUT2D eigenvalue weighted by Crippen LogP contribution is 2.08. The van der Waals surface area contributed by atoms with Crippen molar-refractivity contribution < 1.29 is 14.2 Å². The highest BCUT2D eigenvalue weighted by Gasteiger charge is 2.12. The summed E-state index contributed by atoms with van der Waals surface area (Å²) in [4.78, 5) is 0. The maximum atomic E-state index is 5.61. The van der Waals surface area contributed by atoms with Crippen LogP contribution >= 0.6 is 0 Å². The Bertz CT molecular complexity index is 140. The lowest BCUT2D eigenvalue weighted by Gasteiger charge is -2.22. The molecule has 0 aromatic rings. The van der Waals surface area contributed by atoms with Crippen molar-refractivity contribution in [3.8, 4) is 0 Å². The highest BCUT2D eigenvalue weighted by molar-refractivity contribution is 4.60. The van der Waals surface area contributed by atoms with Gasteiger partial charge in [0.05, 0.1) is 18.3 Å². The second-order valence-electron chi connectivity index (χ2n) is 4.66. The van der Waals surface area contributed by atoms with Crippen LogP contribution in [-0.4, -0.2) is 38.1 Å². The first-order chi connectivity index (χ1) is 6.95. The van der Waals surface area contributed by atoms with Crippen LogP contribution in [0.1, 0.15) is 41.0 Å². The molecule has 0 rings (SSSR count). The fourth-order valence-electron chi connectivity index (χ4n) is 1.01. The molecule has 0 aliphatic rings. The van der Waals surface area contributed by atoms with Crippen LogP contribution in [0, 0.1) is 0 Å². The fraction of sp³-hybridized carbons (Fsp3) is 1.00. The van der Waals surface area contributed by atoms with E-state index in [1.165, 1.54) is 0 Å². The summed E-state index contributed by atoms with van der Waals surface area (Å²) in [5.41, 5.74) is -0.0804. The molecule has 0 radical (unpaired) electrons. The summed E-state index contributed by atoms with van der Waals surface area (Å²) in [6.45, 7) is 13.1. The van der Waals surface area contributed by atoms with Crippen LogP contribution in [0.4, 0.5) is 0 Å². The Morgan fingerprint density at radius 2 is 1.80 bits per heavy atom. The zero-order valence-electron chi connectivity index (χ0n) is 10.8. The maximum absolute atomic E-state index is 5.61. The van der Waals surface area contributed by atoms with Gasteiger partial charge in [0, 0.05) is 19.8 Å². The summed E-state index contributed by atoms with van der Waals surface area (Å²) in [7, 11) is 0. The molecule has 0 saturated carbocycles. The third kappa shape index (κ3) is 11.8. The standard InChI is InChI=1S/C12H26O3/c1-6-13-8-7-9-14-11(2)10-15-12(3,4)5/h11H,6-10H2,1-5H3. The molecule has 0 amide bonds. The zero-order chi connectivity index (χ0) is 11.7. The van der Waals surface area contributed by atoms with E-state index in [2.05, 4.69) is 20.8 Å². The van der Waals surface area contributed by atoms with E-state index >= 15 is 0 Å². The van der Waals surface area contributed by atoms with Gasteiger partial charge in [-0.15, -0.1) is 0 Å². The predicted molar refractivity (Wildman–Crippen MR) is 62.2 cm³/mol. The molecule has 15 heavy (non-hydrogen) atoms. The Kier molecular flexibility index (Phi) is 8.02. The fourth-order valence-corrected chi connectivity index (χ4v) is 1.01. The summed E-state index contributed by atoms with van der Waals surface area (Å²) in [6, 6.07) is 0. The molecule has 1 unspecified atom stereocenters. The van der Waals surface area contributed by atoms with Gasteiger partial charge in [0.1, 0.15) is 0 Å². The average molecular weight is 218 g/mol. The molecule has 0 heterocycles. The van der Waals surface area contributed by atoms with E-state index < -0.39 is 0 Å². The first-order valence-electron chi connectivity index (χ1n) is 5.79. The molecule has 3 heteroatoms. The number of hydrogen-bond donors (Lipinski definition) is 0. The van der Waals surface area contributed by atoms with Gasteiger partial charge in [-0.25, -0.2) is 0 Å². The Morgan fingerprint density at radius 3 is 2.33 bits per heavy atom. The molecule has 0 bridgehead atoms. The first kappa shape index (κ1) is 14.9. The van der Waals surface area contributed by atoms with Gasteiger partial charge in [0.2, 0.25) is 0 Å². The summed E-state index contributed by atoms with van der Waals surface area (Å²) in [5, 5.41) is 0. The van der Waals surface area contributed by atoms with Gasteiger partial charge in [-0.1, -0.05) is 0 Å². The molecule has 1 atom stereocenters. The summed E-state index contributed by atoms with van der Waals surface area (Å²) in [6.07, 6.45) is 1.11. The third-order valence-electron chi connectivity index (χ3n) is 1.79. The topological polar surface area (TPSA) is 27.7 Å². The Labute approximate surface area is 94.1 Å². The van der Waals surface area contributed by atoms with E-state index in [1.807, 2.05) is 13.8 Å². The molecule has 0 fully saturated rings. The van der Waals surface area contributed by atoms with E-state index in [9.17, 15) is 0 Å². The molecular weight excluding hydrogens is 192 g/mol. The lowest BCUT2D eigenvalue weighted by atomic mass is 10.2. The van der Waals surface area contributed by atoms with E-state index in [0.29, 0.717) is 6.61 Å². The van der Waals surface area contributed by atoms with Crippen LogP contribution < -0.4 is 0 Å². The Hall–Kier alpha value is -0.120. The minimum Gasteiger partial charge on any atom is -0.382 e. The van der Waals surface area contributed by atoms with Gasteiger partial charge < -0.3 is 14.2 Å². The molecule has 0 aliphatic heterocycles. The molecule has 0 aliphatic carbocycles. The van der Waals surface area contributed by atoms with Crippen LogP contribution in [0.2, 0.25) is 0 Å². The van der Waals surface area contributed by atoms with Crippen molar-refractivity contribution in [2.75, 3.05) is 26.4 Å². The predicted octanol–water partition coefficient (Wildman–Crippen LogP) is 2.63. The number of hydrogen-bond acceptors (Lipinski definition) is 3. The van der Waals surface area contributed by atoms with E-state index in [0.717, 1.165) is 26.2 Å². The minimum absolute atomic E-state index is 0.0804. The van der Waals surface area contributed by atoms with Gasteiger partial charge in [-0.2, -0.15) is 0 Å². The van der Waals surface area contributed by atoms with Crippen molar-refractivity contribution >= 4 is 0 Å². The largest absolute Gasteiger partial charge is 0.382 e. The Morgan fingerprint density at radius 1 is 1.13 bits per heavy atom. The van der Waals surface area contributed by atoms with Gasteiger partial charge in [0.15, 0.2) is 0 Å². The van der Waals surface area contributed by atoms with Crippen molar-refractivity contribution in [3.05, 3.63) is 0 Å². The second kappa shape index (κ2) is 8.08. The number of ether oxygens (including phenoxy) is 3. The molecule has 0 aromatic heterocycles. The summed E-state index contributed by atoms with van der Waals surface area (Å²) in [5.74, 6) is 0. The molecule has 0 N–H and O–H groups in total. The van der Waals surface area contributed by atoms with Gasteiger partial charge in [-0.05, 0) is 41.0 Å². The highest BCUT2D eigenvalue weighted by atomic mass is 16.5. The number of rotatable bonds is 8. The molecule has 3 nitrogen and oxygen atoms in total. The molecule has 0 aromatic carbocycles. The lowest BCUT2D eigenvalue weighted by molar-refractivity contribution is -0.0686. The SMILES string of the molecule is CCOCCCOC(C)COC(C)(C)C. The molecule has 0 spiro atoms. The smallest absolute Gasteiger partial charge is 0.0780 e. The minimum atomic E-state index is -0.0804.